The van der Waals surface area contributed by atoms with Crippen molar-refractivity contribution in [2.45, 2.75) is 19.6 Å². The monoisotopic (exact) mass is 397 g/mol. The molecule has 1 fully saturated rings. The van der Waals surface area contributed by atoms with Crippen LogP contribution in [-0.2, 0) is 17.9 Å². The second-order valence-electron chi connectivity index (χ2n) is 7.38. The van der Waals surface area contributed by atoms with E-state index in [1.54, 1.807) is 7.11 Å². The van der Waals surface area contributed by atoms with Gasteiger partial charge in [0.25, 0.3) is 0 Å². The van der Waals surface area contributed by atoms with Gasteiger partial charge in [-0.05, 0) is 30.3 Å². The Morgan fingerprint density at radius 3 is 2.55 bits per heavy atom. The Hall–Kier alpha value is -2.57. The van der Waals surface area contributed by atoms with E-state index in [1.165, 1.54) is 0 Å². The first-order valence-electron chi connectivity index (χ1n) is 10.2. The van der Waals surface area contributed by atoms with Crippen LogP contribution in [0.25, 0.3) is 0 Å². The van der Waals surface area contributed by atoms with Gasteiger partial charge in [-0.15, -0.1) is 0 Å². The summed E-state index contributed by atoms with van der Waals surface area (Å²) in [5, 5.41) is 3.27. The molecule has 29 heavy (non-hydrogen) atoms. The SMILES string of the molecule is COc1cc(CN(C)CCC(=O)N2CCNCC2)ccc1OCc1ccccc1. The molecule has 2 aromatic carbocycles. The maximum atomic E-state index is 12.3. The molecule has 1 aliphatic rings. The van der Waals surface area contributed by atoms with E-state index >= 15 is 0 Å². The van der Waals surface area contributed by atoms with Crippen molar-refractivity contribution in [1.29, 1.82) is 0 Å². The van der Waals surface area contributed by atoms with Crippen molar-refractivity contribution in [2.75, 3.05) is 46.9 Å². The van der Waals surface area contributed by atoms with Gasteiger partial charge in [0.2, 0.25) is 5.91 Å². The van der Waals surface area contributed by atoms with Gasteiger partial charge in [0.1, 0.15) is 6.61 Å². The van der Waals surface area contributed by atoms with Gasteiger partial charge in [-0.25, -0.2) is 0 Å². The molecule has 0 unspecified atom stereocenters. The number of rotatable bonds is 9. The Morgan fingerprint density at radius 1 is 1.07 bits per heavy atom. The van der Waals surface area contributed by atoms with E-state index in [-0.39, 0.29) is 5.91 Å². The molecule has 1 saturated heterocycles. The number of amides is 1. The predicted molar refractivity (Wildman–Crippen MR) is 114 cm³/mol. The van der Waals surface area contributed by atoms with Crippen LogP contribution >= 0.6 is 0 Å². The minimum Gasteiger partial charge on any atom is -0.493 e. The fourth-order valence-corrected chi connectivity index (χ4v) is 3.41. The van der Waals surface area contributed by atoms with Gasteiger partial charge in [0.05, 0.1) is 7.11 Å². The van der Waals surface area contributed by atoms with E-state index in [1.807, 2.05) is 54.4 Å². The molecule has 0 spiro atoms. The Labute approximate surface area is 173 Å². The Kier molecular flexibility index (Phi) is 7.90. The van der Waals surface area contributed by atoms with Crippen molar-refractivity contribution < 1.29 is 14.3 Å². The number of carbonyl (C=O) groups excluding carboxylic acids is 1. The summed E-state index contributed by atoms with van der Waals surface area (Å²) in [6, 6.07) is 16.1. The van der Waals surface area contributed by atoms with Crippen LogP contribution in [0.15, 0.2) is 48.5 Å². The minimum atomic E-state index is 0.237. The molecule has 6 nitrogen and oxygen atoms in total. The smallest absolute Gasteiger partial charge is 0.223 e. The number of piperazine rings is 1. The fourth-order valence-electron chi connectivity index (χ4n) is 3.41. The van der Waals surface area contributed by atoms with Crippen LogP contribution in [-0.4, -0.2) is 62.6 Å². The molecule has 156 valence electrons. The highest BCUT2D eigenvalue weighted by Crippen LogP contribution is 2.29. The van der Waals surface area contributed by atoms with Crippen molar-refractivity contribution in [3.63, 3.8) is 0 Å². The van der Waals surface area contributed by atoms with Crippen LogP contribution in [0.3, 0.4) is 0 Å². The van der Waals surface area contributed by atoms with Gasteiger partial charge < -0.3 is 24.6 Å². The molecule has 0 saturated carbocycles. The van der Waals surface area contributed by atoms with E-state index in [9.17, 15) is 4.79 Å². The normalized spacial score (nSPS) is 14.1. The maximum Gasteiger partial charge on any atom is 0.223 e. The largest absolute Gasteiger partial charge is 0.493 e. The number of nitrogens with one attached hydrogen (secondary N) is 1. The van der Waals surface area contributed by atoms with Crippen LogP contribution in [0.1, 0.15) is 17.5 Å². The number of hydrogen-bond acceptors (Lipinski definition) is 5. The highest BCUT2D eigenvalue weighted by Gasteiger charge is 2.16. The van der Waals surface area contributed by atoms with Gasteiger partial charge >= 0.3 is 0 Å². The third kappa shape index (κ3) is 6.48. The molecule has 0 radical (unpaired) electrons. The molecule has 1 amide bonds. The zero-order valence-corrected chi connectivity index (χ0v) is 17.4. The Balaban J connectivity index is 1.50. The van der Waals surface area contributed by atoms with Crippen LogP contribution < -0.4 is 14.8 Å². The molecule has 0 atom stereocenters. The van der Waals surface area contributed by atoms with E-state index in [0.29, 0.717) is 13.0 Å². The Morgan fingerprint density at radius 2 is 1.83 bits per heavy atom. The molecular formula is C23H31N3O3. The lowest BCUT2D eigenvalue weighted by Crippen LogP contribution is -2.47. The molecule has 6 heteroatoms. The lowest BCUT2D eigenvalue weighted by atomic mass is 10.2. The van der Waals surface area contributed by atoms with E-state index in [0.717, 1.165) is 61.9 Å². The highest BCUT2D eigenvalue weighted by molar-refractivity contribution is 5.76. The van der Waals surface area contributed by atoms with Crippen LogP contribution in [0.2, 0.25) is 0 Å². The number of methoxy groups -OCH3 is 1. The maximum absolute atomic E-state index is 12.3. The van der Waals surface area contributed by atoms with Gasteiger partial charge in [-0.1, -0.05) is 36.4 Å². The molecular weight excluding hydrogens is 366 g/mol. The van der Waals surface area contributed by atoms with Crippen molar-refractivity contribution >= 4 is 5.91 Å². The number of nitrogens with zero attached hydrogens (tertiary/aromatic N) is 2. The molecule has 1 aliphatic heterocycles. The first kappa shape index (κ1) is 21.1. The molecule has 0 aromatic heterocycles. The average molecular weight is 398 g/mol. The van der Waals surface area contributed by atoms with Crippen molar-refractivity contribution in [1.82, 2.24) is 15.1 Å². The topological polar surface area (TPSA) is 54.0 Å². The molecule has 0 bridgehead atoms. The number of benzene rings is 2. The summed E-state index contributed by atoms with van der Waals surface area (Å²) >= 11 is 0. The molecule has 3 rings (SSSR count). The van der Waals surface area contributed by atoms with Crippen molar-refractivity contribution in [3.8, 4) is 11.5 Å². The van der Waals surface area contributed by atoms with Gasteiger partial charge in [0, 0.05) is 45.7 Å². The van der Waals surface area contributed by atoms with E-state index in [4.69, 9.17) is 9.47 Å². The first-order chi connectivity index (χ1) is 14.2. The summed E-state index contributed by atoms with van der Waals surface area (Å²) in [6.45, 7) is 5.39. The lowest BCUT2D eigenvalue weighted by Gasteiger charge is -2.28. The Bertz CT molecular complexity index is 776. The number of ether oxygens (including phenoxy) is 2. The summed E-state index contributed by atoms with van der Waals surface area (Å²) in [6.07, 6.45) is 0.548. The van der Waals surface area contributed by atoms with E-state index in [2.05, 4.69) is 16.3 Å². The summed E-state index contributed by atoms with van der Waals surface area (Å²) in [7, 11) is 3.70. The first-order valence-corrected chi connectivity index (χ1v) is 10.2. The third-order valence-electron chi connectivity index (χ3n) is 5.09. The van der Waals surface area contributed by atoms with E-state index < -0.39 is 0 Å². The van der Waals surface area contributed by atoms with Crippen molar-refractivity contribution in [3.05, 3.63) is 59.7 Å². The standard InChI is InChI=1S/C23H31N3O3/c1-25(13-10-23(27)26-14-11-24-12-15-26)17-20-8-9-21(22(16-20)28-2)29-18-19-6-4-3-5-7-19/h3-9,16,24H,10-15,17-18H2,1-2H3. The van der Waals surface area contributed by atoms with Crippen LogP contribution in [0.5, 0.6) is 11.5 Å². The number of carbonyl (C=O) groups is 1. The van der Waals surface area contributed by atoms with Crippen molar-refractivity contribution in [2.24, 2.45) is 0 Å². The van der Waals surface area contributed by atoms with Crippen LogP contribution in [0, 0.1) is 0 Å². The highest BCUT2D eigenvalue weighted by atomic mass is 16.5. The summed E-state index contributed by atoms with van der Waals surface area (Å²) < 4.78 is 11.4. The molecule has 2 aromatic rings. The van der Waals surface area contributed by atoms with Crippen LogP contribution in [0.4, 0.5) is 0 Å². The summed E-state index contributed by atoms with van der Waals surface area (Å²) in [4.78, 5) is 16.4. The van der Waals surface area contributed by atoms with Gasteiger partial charge in [-0.2, -0.15) is 0 Å². The second-order valence-corrected chi connectivity index (χ2v) is 7.38. The zero-order chi connectivity index (χ0) is 20.5. The predicted octanol–water partition coefficient (Wildman–Crippen LogP) is 2.53. The molecule has 1 heterocycles. The molecule has 0 aliphatic carbocycles. The quantitative estimate of drug-likeness (QED) is 0.705. The van der Waals surface area contributed by atoms with Gasteiger partial charge in [-0.3, -0.25) is 4.79 Å². The lowest BCUT2D eigenvalue weighted by molar-refractivity contribution is -0.132. The minimum absolute atomic E-state index is 0.237. The molecule has 1 N–H and O–H groups in total. The third-order valence-corrected chi connectivity index (χ3v) is 5.09. The fraction of sp³-hybridized carbons (Fsp3) is 0.435. The second kappa shape index (κ2) is 10.8. The summed E-state index contributed by atoms with van der Waals surface area (Å²) in [5.41, 5.74) is 2.25. The average Bonchev–Trinajstić information content (AvgIpc) is 2.77. The van der Waals surface area contributed by atoms with Gasteiger partial charge in [0.15, 0.2) is 11.5 Å². The summed E-state index contributed by atoms with van der Waals surface area (Å²) in [5.74, 6) is 1.70. The number of hydrogen-bond donors (Lipinski definition) is 1. The zero-order valence-electron chi connectivity index (χ0n) is 17.4.